The van der Waals surface area contributed by atoms with Gasteiger partial charge in [0.25, 0.3) is 5.91 Å². The van der Waals surface area contributed by atoms with Crippen LogP contribution in [0.5, 0.6) is 0 Å². The Morgan fingerprint density at radius 2 is 1.90 bits per heavy atom. The molecule has 0 aliphatic carbocycles. The number of thiocarbonyl (C=S) groups is 1. The summed E-state index contributed by atoms with van der Waals surface area (Å²) in [5.41, 5.74) is 1.77. The first kappa shape index (κ1) is 22.5. The molecule has 0 saturated carbocycles. The van der Waals surface area contributed by atoms with Crippen LogP contribution in [0.3, 0.4) is 0 Å². The van der Waals surface area contributed by atoms with Crippen LogP contribution < -0.4 is 5.32 Å². The van der Waals surface area contributed by atoms with E-state index >= 15 is 0 Å². The van der Waals surface area contributed by atoms with Gasteiger partial charge in [-0.05, 0) is 29.7 Å². The third-order valence-corrected chi connectivity index (χ3v) is 6.26. The molecule has 2 aromatic rings. The Morgan fingerprint density at radius 1 is 1.20 bits per heavy atom. The highest BCUT2D eigenvalue weighted by Crippen LogP contribution is 2.33. The molecular formula is C22H21ClN2O3S2. The Labute approximate surface area is 190 Å². The molecular weight excluding hydrogens is 440 g/mol. The molecule has 8 heteroatoms. The van der Waals surface area contributed by atoms with Crippen molar-refractivity contribution in [2.45, 2.75) is 18.9 Å². The molecule has 1 saturated heterocycles. The van der Waals surface area contributed by atoms with Crippen molar-refractivity contribution < 1.29 is 14.7 Å². The maximum atomic E-state index is 12.7. The van der Waals surface area contributed by atoms with Crippen molar-refractivity contribution in [1.82, 2.24) is 10.2 Å². The number of benzene rings is 2. The van der Waals surface area contributed by atoms with Crippen LogP contribution >= 0.6 is 35.6 Å². The van der Waals surface area contributed by atoms with Gasteiger partial charge in [-0.2, -0.15) is 0 Å². The third-order valence-electron chi connectivity index (χ3n) is 4.54. The first-order valence-electron chi connectivity index (χ1n) is 9.42. The normalized spacial score (nSPS) is 16.2. The number of thioether (sulfide) groups is 1. The van der Waals surface area contributed by atoms with Gasteiger partial charge in [0.2, 0.25) is 5.91 Å². The Hall–Kier alpha value is -2.19. The predicted octanol–water partition coefficient (Wildman–Crippen LogP) is 3.65. The first-order valence-corrected chi connectivity index (χ1v) is 11.0. The first-order chi connectivity index (χ1) is 14.5. The van der Waals surface area contributed by atoms with E-state index in [0.717, 1.165) is 11.1 Å². The Balaban J connectivity index is 1.56. The smallest absolute Gasteiger partial charge is 0.266 e. The topological polar surface area (TPSA) is 69.6 Å². The van der Waals surface area contributed by atoms with Crippen molar-refractivity contribution >= 4 is 57.8 Å². The fourth-order valence-electron chi connectivity index (χ4n) is 3.00. The zero-order chi connectivity index (χ0) is 21.5. The lowest BCUT2D eigenvalue weighted by Gasteiger charge is -2.18. The average molecular weight is 461 g/mol. The van der Waals surface area contributed by atoms with Crippen molar-refractivity contribution in [2.75, 3.05) is 13.2 Å². The van der Waals surface area contributed by atoms with E-state index < -0.39 is 0 Å². The molecule has 156 valence electrons. The minimum absolute atomic E-state index is 0.0943. The summed E-state index contributed by atoms with van der Waals surface area (Å²) in [6, 6.07) is 16.5. The maximum absolute atomic E-state index is 12.7. The molecule has 0 spiro atoms. The van der Waals surface area contributed by atoms with Gasteiger partial charge >= 0.3 is 0 Å². The molecule has 3 rings (SSSR count). The molecule has 0 radical (unpaired) electrons. The number of aliphatic hydroxyl groups is 1. The molecule has 2 aromatic carbocycles. The number of carbonyl (C=O) groups is 2. The monoisotopic (exact) mass is 460 g/mol. The second-order valence-corrected chi connectivity index (χ2v) is 8.82. The Bertz CT molecular complexity index is 966. The summed E-state index contributed by atoms with van der Waals surface area (Å²) in [7, 11) is 0. The number of hydrogen-bond donors (Lipinski definition) is 2. The summed E-state index contributed by atoms with van der Waals surface area (Å²) >= 11 is 12.7. The molecule has 1 aliphatic heterocycles. The molecule has 1 fully saturated rings. The average Bonchev–Trinajstić information content (AvgIpc) is 3.01. The van der Waals surface area contributed by atoms with Crippen molar-refractivity contribution in [3.63, 3.8) is 0 Å². The minimum atomic E-state index is -0.383. The summed E-state index contributed by atoms with van der Waals surface area (Å²) in [4.78, 5) is 26.9. The summed E-state index contributed by atoms with van der Waals surface area (Å²) in [5, 5.41) is 12.9. The summed E-state index contributed by atoms with van der Waals surface area (Å²) in [6.45, 7) is 0.0160. The van der Waals surface area contributed by atoms with Crippen molar-refractivity contribution in [3.05, 3.63) is 75.7 Å². The van der Waals surface area contributed by atoms with Crippen LogP contribution in [-0.2, 0) is 16.0 Å². The number of nitrogens with zero attached hydrogens (tertiary/aromatic N) is 1. The molecule has 0 bridgehead atoms. The fraction of sp³-hybridized carbons (Fsp3) is 0.227. The van der Waals surface area contributed by atoms with Gasteiger partial charge < -0.3 is 10.4 Å². The molecule has 1 unspecified atom stereocenters. The fourth-order valence-corrected chi connectivity index (χ4v) is 4.49. The van der Waals surface area contributed by atoms with E-state index in [2.05, 4.69) is 5.32 Å². The van der Waals surface area contributed by atoms with Gasteiger partial charge in [0.1, 0.15) is 4.32 Å². The highest BCUT2D eigenvalue weighted by Gasteiger charge is 2.32. The minimum Gasteiger partial charge on any atom is -0.394 e. The highest BCUT2D eigenvalue weighted by atomic mass is 35.5. The van der Waals surface area contributed by atoms with Gasteiger partial charge in [-0.25, -0.2) is 0 Å². The Kier molecular flexibility index (Phi) is 8.04. The van der Waals surface area contributed by atoms with Crippen LogP contribution in [0.1, 0.15) is 17.5 Å². The van der Waals surface area contributed by atoms with Gasteiger partial charge in [0.15, 0.2) is 0 Å². The van der Waals surface area contributed by atoms with Gasteiger partial charge in [-0.3, -0.25) is 14.5 Å². The summed E-state index contributed by atoms with van der Waals surface area (Å²) in [5.74, 6) is -0.477. The molecule has 0 aromatic heterocycles. The molecule has 30 heavy (non-hydrogen) atoms. The van der Waals surface area contributed by atoms with Crippen molar-refractivity contribution in [2.24, 2.45) is 0 Å². The van der Waals surface area contributed by atoms with E-state index in [1.54, 1.807) is 12.1 Å². The number of rotatable bonds is 8. The second kappa shape index (κ2) is 10.7. The van der Waals surface area contributed by atoms with Gasteiger partial charge in [0.05, 0.1) is 17.6 Å². The van der Waals surface area contributed by atoms with E-state index in [1.807, 2.05) is 48.5 Å². The van der Waals surface area contributed by atoms with Crippen LogP contribution in [-0.4, -0.2) is 45.3 Å². The predicted molar refractivity (Wildman–Crippen MR) is 125 cm³/mol. The van der Waals surface area contributed by atoms with E-state index in [4.69, 9.17) is 23.8 Å². The number of hydrogen-bond acceptors (Lipinski definition) is 5. The number of amides is 2. The lowest BCUT2D eigenvalue weighted by atomic mass is 10.1. The van der Waals surface area contributed by atoms with E-state index in [9.17, 15) is 14.7 Å². The molecule has 1 heterocycles. The zero-order valence-electron chi connectivity index (χ0n) is 16.1. The van der Waals surface area contributed by atoms with E-state index in [1.165, 1.54) is 16.7 Å². The number of carbonyl (C=O) groups excluding carboxylic acids is 2. The van der Waals surface area contributed by atoms with Crippen molar-refractivity contribution in [3.8, 4) is 0 Å². The molecule has 5 nitrogen and oxygen atoms in total. The van der Waals surface area contributed by atoms with Crippen molar-refractivity contribution in [1.29, 1.82) is 0 Å². The molecule has 2 amide bonds. The van der Waals surface area contributed by atoms with Crippen LogP contribution in [0, 0.1) is 0 Å². The lowest BCUT2D eigenvalue weighted by molar-refractivity contribution is -0.124. The SMILES string of the molecule is O=C(CCN1C(=O)C(=Cc2ccccc2Cl)SC1=S)NC(CO)Cc1ccccc1. The van der Waals surface area contributed by atoms with Gasteiger partial charge in [-0.15, -0.1) is 0 Å². The summed E-state index contributed by atoms with van der Waals surface area (Å²) in [6.07, 6.45) is 2.34. The van der Waals surface area contributed by atoms with Gasteiger partial charge in [-0.1, -0.05) is 84.1 Å². The second-order valence-electron chi connectivity index (χ2n) is 6.74. The molecule has 1 aliphatic rings. The van der Waals surface area contributed by atoms with Crippen LogP contribution in [0.2, 0.25) is 5.02 Å². The number of halogens is 1. The molecule has 1 atom stereocenters. The Morgan fingerprint density at radius 3 is 2.60 bits per heavy atom. The van der Waals surface area contributed by atoms with Gasteiger partial charge in [0, 0.05) is 18.0 Å². The molecule has 2 N–H and O–H groups in total. The highest BCUT2D eigenvalue weighted by molar-refractivity contribution is 8.26. The van der Waals surface area contributed by atoms with E-state index in [0.29, 0.717) is 20.7 Å². The zero-order valence-corrected chi connectivity index (χ0v) is 18.5. The van der Waals surface area contributed by atoms with E-state index in [-0.39, 0.29) is 37.4 Å². The maximum Gasteiger partial charge on any atom is 0.266 e. The quantitative estimate of drug-likeness (QED) is 0.465. The number of aliphatic hydroxyl groups excluding tert-OH is 1. The third kappa shape index (κ3) is 5.92. The van der Waals surface area contributed by atoms with Crippen LogP contribution in [0.4, 0.5) is 0 Å². The largest absolute Gasteiger partial charge is 0.394 e. The number of nitrogens with one attached hydrogen (secondary N) is 1. The lowest BCUT2D eigenvalue weighted by Crippen LogP contribution is -2.41. The van der Waals surface area contributed by atoms with Crippen LogP contribution in [0.25, 0.3) is 6.08 Å². The summed E-state index contributed by atoms with van der Waals surface area (Å²) < 4.78 is 0.411. The standard InChI is InChI=1S/C22H21ClN2O3S2/c23-18-9-5-4-8-16(18)13-19-21(28)25(22(29)30-19)11-10-20(27)24-17(14-26)12-15-6-2-1-3-7-15/h1-9,13,17,26H,10-12,14H2,(H,24,27). The van der Waals surface area contributed by atoms with Crippen LogP contribution in [0.15, 0.2) is 59.5 Å².